The van der Waals surface area contributed by atoms with Crippen LogP contribution in [0.4, 0.5) is 10.5 Å². The van der Waals surface area contributed by atoms with Gasteiger partial charge in [-0.15, -0.1) is 0 Å². The topological polar surface area (TPSA) is 66.8 Å². The van der Waals surface area contributed by atoms with Crippen LogP contribution in [0.1, 0.15) is 31.1 Å². The van der Waals surface area contributed by atoms with Gasteiger partial charge in [0.15, 0.2) is 0 Å². The van der Waals surface area contributed by atoms with E-state index in [-0.39, 0.29) is 5.56 Å². The number of carbonyl (C=O) groups is 2. The number of benzene rings is 1. The predicted octanol–water partition coefficient (Wildman–Crippen LogP) is 3.36. The fourth-order valence-corrected chi connectivity index (χ4v) is 1.87. The lowest BCUT2D eigenvalue weighted by Crippen LogP contribution is -2.35. The van der Waals surface area contributed by atoms with E-state index in [4.69, 9.17) is 9.84 Å². The molecule has 1 rings (SSSR count). The highest BCUT2D eigenvalue weighted by molar-refractivity contribution is 14.1. The lowest BCUT2D eigenvalue weighted by Gasteiger charge is -2.25. The maximum atomic E-state index is 12.0. The van der Waals surface area contributed by atoms with Gasteiger partial charge in [0.2, 0.25) is 0 Å². The molecule has 104 valence electrons. The van der Waals surface area contributed by atoms with Crippen LogP contribution >= 0.6 is 22.6 Å². The van der Waals surface area contributed by atoms with Crippen molar-refractivity contribution in [3.63, 3.8) is 0 Å². The van der Waals surface area contributed by atoms with Gasteiger partial charge in [0.25, 0.3) is 0 Å². The monoisotopic (exact) mass is 377 g/mol. The Morgan fingerprint density at radius 3 is 2.37 bits per heavy atom. The zero-order valence-corrected chi connectivity index (χ0v) is 13.4. The Kier molecular flexibility index (Phi) is 4.78. The molecular formula is C13H16INO4. The van der Waals surface area contributed by atoms with Crippen LogP contribution in [-0.4, -0.2) is 29.8 Å². The van der Waals surface area contributed by atoms with Gasteiger partial charge in [0.05, 0.1) is 11.3 Å². The molecule has 0 aliphatic heterocycles. The summed E-state index contributed by atoms with van der Waals surface area (Å²) >= 11 is 2.06. The molecule has 0 fully saturated rings. The first-order chi connectivity index (χ1) is 8.61. The molecule has 5 nitrogen and oxygen atoms in total. The standard InChI is InChI=1S/C13H16INO4/c1-13(2,3)19-12(18)15(4)10-7-8(14)5-6-9(10)11(16)17/h5-7H,1-4H3,(H,16,17). The maximum absolute atomic E-state index is 12.0. The SMILES string of the molecule is CN(C(=O)OC(C)(C)C)c1cc(I)ccc1C(=O)O. The Labute approximate surface area is 125 Å². The molecule has 0 saturated heterocycles. The Bertz CT molecular complexity index is 508. The number of hydrogen-bond donors (Lipinski definition) is 1. The molecule has 0 aliphatic carbocycles. The summed E-state index contributed by atoms with van der Waals surface area (Å²) in [6.07, 6.45) is -0.586. The van der Waals surface area contributed by atoms with E-state index in [1.54, 1.807) is 32.9 Å². The zero-order chi connectivity index (χ0) is 14.8. The summed E-state index contributed by atoms with van der Waals surface area (Å²) in [6, 6.07) is 4.78. The van der Waals surface area contributed by atoms with Crippen molar-refractivity contribution in [2.24, 2.45) is 0 Å². The average molecular weight is 377 g/mol. The Morgan fingerprint density at radius 1 is 1.32 bits per heavy atom. The summed E-state index contributed by atoms with van der Waals surface area (Å²) in [7, 11) is 1.49. The zero-order valence-electron chi connectivity index (χ0n) is 11.2. The molecule has 1 aromatic carbocycles. The minimum absolute atomic E-state index is 0.0637. The number of anilines is 1. The van der Waals surface area contributed by atoms with Crippen molar-refractivity contribution >= 4 is 40.3 Å². The largest absolute Gasteiger partial charge is 0.478 e. The third-order valence-corrected chi connectivity index (χ3v) is 2.89. The summed E-state index contributed by atoms with van der Waals surface area (Å²) in [6.45, 7) is 5.27. The molecule has 1 aromatic rings. The molecule has 1 N–H and O–H groups in total. The first-order valence-corrected chi connectivity index (χ1v) is 6.69. The molecule has 1 amide bonds. The third-order valence-electron chi connectivity index (χ3n) is 2.22. The third kappa shape index (κ3) is 4.38. The highest BCUT2D eigenvalue weighted by Gasteiger charge is 2.23. The molecule has 19 heavy (non-hydrogen) atoms. The molecule has 0 aromatic heterocycles. The van der Waals surface area contributed by atoms with Crippen LogP contribution in [0.3, 0.4) is 0 Å². The van der Waals surface area contributed by atoms with Crippen LogP contribution in [0.5, 0.6) is 0 Å². The molecule has 0 heterocycles. The highest BCUT2D eigenvalue weighted by atomic mass is 127. The van der Waals surface area contributed by atoms with E-state index in [2.05, 4.69) is 22.6 Å². The number of halogens is 1. The predicted molar refractivity (Wildman–Crippen MR) is 80.8 cm³/mol. The van der Waals surface area contributed by atoms with E-state index < -0.39 is 17.7 Å². The second-order valence-corrected chi connectivity index (χ2v) is 6.25. The lowest BCUT2D eigenvalue weighted by atomic mass is 10.1. The van der Waals surface area contributed by atoms with Gasteiger partial charge in [0, 0.05) is 10.6 Å². The summed E-state index contributed by atoms with van der Waals surface area (Å²) in [5.74, 6) is -1.08. The van der Waals surface area contributed by atoms with Gasteiger partial charge >= 0.3 is 12.1 Å². The first kappa shape index (κ1) is 15.7. The van der Waals surface area contributed by atoms with E-state index in [0.717, 1.165) is 3.57 Å². The van der Waals surface area contributed by atoms with Gasteiger partial charge in [-0.3, -0.25) is 4.90 Å². The van der Waals surface area contributed by atoms with E-state index in [9.17, 15) is 9.59 Å². The number of amides is 1. The molecular weight excluding hydrogens is 361 g/mol. The second-order valence-electron chi connectivity index (χ2n) is 5.01. The molecule has 6 heteroatoms. The minimum atomic E-state index is -1.08. The molecule has 0 spiro atoms. The van der Waals surface area contributed by atoms with Gasteiger partial charge < -0.3 is 9.84 Å². The van der Waals surface area contributed by atoms with Gasteiger partial charge in [-0.2, -0.15) is 0 Å². The number of rotatable bonds is 2. The van der Waals surface area contributed by atoms with Crippen LogP contribution in [0, 0.1) is 3.57 Å². The van der Waals surface area contributed by atoms with E-state index in [1.165, 1.54) is 18.0 Å². The first-order valence-electron chi connectivity index (χ1n) is 5.61. The summed E-state index contributed by atoms with van der Waals surface area (Å²) in [4.78, 5) is 24.3. The van der Waals surface area contributed by atoms with Gasteiger partial charge in [-0.05, 0) is 61.6 Å². The number of aromatic carboxylic acids is 1. The number of nitrogens with zero attached hydrogens (tertiary/aromatic N) is 1. The van der Waals surface area contributed by atoms with Crippen molar-refractivity contribution in [1.82, 2.24) is 0 Å². The Balaban J connectivity index is 3.11. The van der Waals surface area contributed by atoms with E-state index in [0.29, 0.717) is 5.69 Å². The number of hydrogen-bond acceptors (Lipinski definition) is 3. The minimum Gasteiger partial charge on any atom is -0.478 e. The molecule has 0 saturated carbocycles. The Morgan fingerprint density at radius 2 is 1.89 bits per heavy atom. The van der Waals surface area contributed by atoms with Crippen molar-refractivity contribution in [3.8, 4) is 0 Å². The number of carbonyl (C=O) groups excluding carboxylic acids is 1. The van der Waals surface area contributed by atoms with Crippen molar-refractivity contribution in [2.45, 2.75) is 26.4 Å². The highest BCUT2D eigenvalue weighted by Crippen LogP contribution is 2.24. The molecule has 0 atom stereocenters. The lowest BCUT2D eigenvalue weighted by molar-refractivity contribution is 0.0589. The van der Waals surface area contributed by atoms with Crippen LogP contribution in [0.2, 0.25) is 0 Å². The molecule has 0 bridgehead atoms. The van der Waals surface area contributed by atoms with E-state index in [1.807, 2.05) is 0 Å². The summed E-state index contributed by atoms with van der Waals surface area (Å²) in [5.41, 5.74) is -0.251. The molecule has 0 unspecified atom stereocenters. The van der Waals surface area contributed by atoms with Crippen molar-refractivity contribution in [2.75, 3.05) is 11.9 Å². The second kappa shape index (κ2) is 5.77. The molecule has 0 radical (unpaired) electrons. The van der Waals surface area contributed by atoms with Crippen LogP contribution < -0.4 is 4.90 Å². The van der Waals surface area contributed by atoms with Crippen molar-refractivity contribution in [3.05, 3.63) is 27.3 Å². The Hall–Kier alpha value is -1.31. The number of ether oxygens (including phenoxy) is 1. The van der Waals surface area contributed by atoms with Crippen molar-refractivity contribution in [1.29, 1.82) is 0 Å². The number of carboxylic acid groups (broad SMARTS) is 1. The van der Waals surface area contributed by atoms with Gasteiger partial charge in [0.1, 0.15) is 5.60 Å². The van der Waals surface area contributed by atoms with Crippen LogP contribution in [-0.2, 0) is 4.74 Å². The van der Waals surface area contributed by atoms with Crippen molar-refractivity contribution < 1.29 is 19.4 Å². The quantitative estimate of drug-likeness (QED) is 0.803. The van der Waals surface area contributed by atoms with Crippen LogP contribution in [0.25, 0.3) is 0 Å². The normalized spacial score (nSPS) is 11.0. The number of carboxylic acids is 1. The fraction of sp³-hybridized carbons (Fsp3) is 0.385. The summed E-state index contributed by atoms with van der Waals surface area (Å²) in [5, 5.41) is 9.14. The fourth-order valence-electron chi connectivity index (χ4n) is 1.39. The van der Waals surface area contributed by atoms with Crippen LogP contribution in [0.15, 0.2) is 18.2 Å². The maximum Gasteiger partial charge on any atom is 0.414 e. The molecule has 0 aliphatic rings. The van der Waals surface area contributed by atoms with Gasteiger partial charge in [-0.1, -0.05) is 0 Å². The summed E-state index contributed by atoms with van der Waals surface area (Å²) < 4.78 is 6.06. The van der Waals surface area contributed by atoms with Gasteiger partial charge in [-0.25, -0.2) is 9.59 Å². The average Bonchev–Trinajstić information content (AvgIpc) is 2.25. The van der Waals surface area contributed by atoms with E-state index >= 15 is 0 Å². The smallest absolute Gasteiger partial charge is 0.414 e.